The fourth-order valence-corrected chi connectivity index (χ4v) is 1.60. The van der Waals surface area contributed by atoms with Crippen molar-refractivity contribution in [3.8, 4) is 5.75 Å². The Hall–Kier alpha value is -1.64. The molecule has 3 heteroatoms. The molecule has 0 unspecified atom stereocenters. The van der Waals surface area contributed by atoms with E-state index in [4.69, 9.17) is 0 Å². The molecule has 0 bridgehead atoms. The number of phenolic OH excluding ortho intramolecular Hbond substituents is 1. The van der Waals surface area contributed by atoms with Gasteiger partial charge in [-0.3, -0.25) is 9.59 Å². The quantitative estimate of drug-likeness (QED) is 0.800. The maximum Gasteiger partial charge on any atom is 0.163 e. The fraction of sp³-hybridized carbons (Fsp3) is 0.429. The van der Waals surface area contributed by atoms with Gasteiger partial charge in [-0.2, -0.15) is 0 Å². The zero-order valence-electron chi connectivity index (χ0n) is 10.9. The Bertz CT molecular complexity index is 444. The van der Waals surface area contributed by atoms with Gasteiger partial charge in [-0.1, -0.05) is 20.8 Å². The first kappa shape index (κ1) is 13.4. The lowest BCUT2D eigenvalue weighted by Gasteiger charge is -2.21. The van der Waals surface area contributed by atoms with Gasteiger partial charge in [0.25, 0.3) is 0 Å². The predicted octanol–water partition coefficient (Wildman–Crippen LogP) is 3.09. The summed E-state index contributed by atoms with van der Waals surface area (Å²) in [6.45, 7) is 8.74. The molecule has 0 aromatic heterocycles. The van der Waals surface area contributed by atoms with Crippen molar-refractivity contribution >= 4 is 11.6 Å². The molecular formula is C14H18O3. The van der Waals surface area contributed by atoms with Gasteiger partial charge in [0.05, 0.1) is 11.1 Å². The first-order chi connectivity index (χ1) is 7.64. The summed E-state index contributed by atoms with van der Waals surface area (Å²) in [5, 5.41) is 9.88. The van der Waals surface area contributed by atoms with Gasteiger partial charge in [-0.25, -0.2) is 0 Å². The molecule has 92 valence electrons. The normalized spacial score (nSPS) is 11.4. The van der Waals surface area contributed by atoms with E-state index in [0.29, 0.717) is 0 Å². The van der Waals surface area contributed by atoms with Crippen LogP contribution in [0.1, 0.15) is 60.9 Å². The van der Waals surface area contributed by atoms with Crippen molar-refractivity contribution in [1.82, 2.24) is 0 Å². The Morgan fingerprint density at radius 3 is 1.59 bits per heavy atom. The first-order valence-electron chi connectivity index (χ1n) is 5.54. The van der Waals surface area contributed by atoms with E-state index in [0.717, 1.165) is 5.56 Å². The molecule has 0 aliphatic carbocycles. The minimum Gasteiger partial charge on any atom is -0.506 e. The van der Waals surface area contributed by atoms with Crippen LogP contribution >= 0.6 is 0 Å². The van der Waals surface area contributed by atoms with Crippen molar-refractivity contribution in [3.63, 3.8) is 0 Å². The highest BCUT2D eigenvalue weighted by atomic mass is 16.3. The zero-order chi connectivity index (χ0) is 13.4. The van der Waals surface area contributed by atoms with Crippen molar-refractivity contribution < 1.29 is 14.7 Å². The van der Waals surface area contributed by atoms with Crippen LogP contribution in [0.15, 0.2) is 12.1 Å². The fourth-order valence-electron chi connectivity index (χ4n) is 1.60. The summed E-state index contributed by atoms with van der Waals surface area (Å²) in [6, 6.07) is 3.31. The Labute approximate surface area is 101 Å². The lowest BCUT2D eigenvalue weighted by molar-refractivity contribution is 0.101. The standard InChI is InChI=1S/C14H18O3/c1-8(15)11-6-10(14(3,4)5)7-12(9(2)16)13(11)17/h6-7,17H,1-5H3. The molecule has 1 rings (SSSR count). The average Bonchev–Trinajstić information content (AvgIpc) is 2.14. The minimum atomic E-state index is -0.240. The van der Waals surface area contributed by atoms with Crippen molar-refractivity contribution in [1.29, 1.82) is 0 Å². The Morgan fingerprint density at radius 1 is 1.00 bits per heavy atom. The van der Waals surface area contributed by atoms with Crippen LogP contribution in [0.3, 0.4) is 0 Å². The van der Waals surface area contributed by atoms with E-state index >= 15 is 0 Å². The molecular weight excluding hydrogens is 216 g/mol. The number of rotatable bonds is 2. The summed E-state index contributed by atoms with van der Waals surface area (Å²) in [5.41, 5.74) is 1.11. The van der Waals surface area contributed by atoms with Crippen LogP contribution < -0.4 is 0 Å². The molecule has 0 saturated carbocycles. The van der Waals surface area contributed by atoms with Crippen molar-refractivity contribution in [3.05, 3.63) is 28.8 Å². The van der Waals surface area contributed by atoms with E-state index in [-0.39, 0.29) is 33.9 Å². The number of hydrogen-bond acceptors (Lipinski definition) is 3. The SMILES string of the molecule is CC(=O)c1cc(C(C)(C)C)cc(C(C)=O)c1O. The third kappa shape index (κ3) is 2.73. The number of carbonyl (C=O) groups excluding carboxylic acids is 2. The highest BCUT2D eigenvalue weighted by molar-refractivity contribution is 6.04. The predicted molar refractivity (Wildman–Crippen MR) is 66.8 cm³/mol. The Kier molecular flexibility index (Phi) is 3.41. The molecule has 1 aromatic carbocycles. The van der Waals surface area contributed by atoms with Gasteiger partial charge in [0.2, 0.25) is 0 Å². The van der Waals surface area contributed by atoms with E-state index in [2.05, 4.69) is 0 Å². The number of phenols is 1. The number of ketones is 2. The summed E-state index contributed by atoms with van der Waals surface area (Å²) in [7, 11) is 0. The second-order valence-corrected chi connectivity index (χ2v) is 5.28. The Morgan fingerprint density at radius 2 is 1.35 bits per heavy atom. The van der Waals surface area contributed by atoms with E-state index in [9.17, 15) is 14.7 Å². The van der Waals surface area contributed by atoms with E-state index in [1.165, 1.54) is 13.8 Å². The molecule has 0 saturated heterocycles. The summed E-state index contributed by atoms with van der Waals surface area (Å²) in [5.74, 6) is -0.690. The highest BCUT2D eigenvalue weighted by Crippen LogP contribution is 2.31. The average molecular weight is 234 g/mol. The molecule has 0 heterocycles. The number of benzene rings is 1. The molecule has 0 atom stereocenters. The van der Waals surface area contributed by atoms with Crippen LogP contribution in [0.5, 0.6) is 5.75 Å². The molecule has 1 aromatic rings. The number of Topliss-reactive ketones (excluding diaryl/α,β-unsaturated/α-hetero) is 2. The van der Waals surface area contributed by atoms with Gasteiger partial charge in [0.1, 0.15) is 5.75 Å². The Balaban J connectivity index is 3.59. The van der Waals surface area contributed by atoms with Crippen molar-refractivity contribution in [2.45, 2.75) is 40.0 Å². The van der Waals surface area contributed by atoms with Gasteiger partial charge < -0.3 is 5.11 Å². The van der Waals surface area contributed by atoms with Gasteiger partial charge in [0.15, 0.2) is 11.6 Å². The van der Waals surface area contributed by atoms with Gasteiger partial charge >= 0.3 is 0 Å². The van der Waals surface area contributed by atoms with Crippen LogP contribution in [0, 0.1) is 0 Å². The summed E-state index contributed by atoms with van der Waals surface area (Å²) in [6.07, 6.45) is 0. The zero-order valence-corrected chi connectivity index (χ0v) is 10.9. The molecule has 0 radical (unpaired) electrons. The second-order valence-electron chi connectivity index (χ2n) is 5.28. The van der Waals surface area contributed by atoms with Crippen LogP contribution in [-0.2, 0) is 5.41 Å². The number of hydrogen-bond donors (Lipinski definition) is 1. The summed E-state index contributed by atoms with van der Waals surface area (Å²) < 4.78 is 0. The van der Waals surface area contributed by atoms with Crippen molar-refractivity contribution in [2.75, 3.05) is 0 Å². The van der Waals surface area contributed by atoms with Crippen LogP contribution in [0.4, 0.5) is 0 Å². The van der Waals surface area contributed by atoms with Crippen molar-refractivity contribution in [2.24, 2.45) is 0 Å². The molecule has 17 heavy (non-hydrogen) atoms. The topological polar surface area (TPSA) is 54.4 Å². The molecule has 0 fully saturated rings. The van der Waals surface area contributed by atoms with Gasteiger partial charge in [-0.15, -0.1) is 0 Å². The van der Waals surface area contributed by atoms with Crippen LogP contribution in [-0.4, -0.2) is 16.7 Å². The molecule has 0 aliphatic heterocycles. The number of aromatic hydroxyl groups is 1. The van der Waals surface area contributed by atoms with E-state index < -0.39 is 0 Å². The lowest BCUT2D eigenvalue weighted by Crippen LogP contribution is -2.14. The largest absolute Gasteiger partial charge is 0.506 e. The monoisotopic (exact) mass is 234 g/mol. The van der Waals surface area contributed by atoms with E-state index in [1.54, 1.807) is 12.1 Å². The highest BCUT2D eigenvalue weighted by Gasteiger charge is 2.21. The van der Waals surface area contributed by atoms with Gasteiger partial charge in [-0.05, 0) is 37.0 Å². The summed E-state index contributed by atoms with van der Waals surface area (Å²) >= 11 is 0. The molecule has 3 nitrogen and oxygen atoms in total. The maximum absolute atomic E-state index is 11.4. The van der Waals surface area contributed by atoms with Crippen LogP contribution in [0.2, 0.25) is 0 Å². The number of carbonyl (C=O) groups is 2. The second kappa shape index (κ2) is 4.32. The minimum absolute atomic E-state index is 0.178. The maximum atomic E-state index is 11.4. The molecule has 0 spiro atoms. The summed E-state index contributed by atoms with van der Waals surface area (Å²) in [4.78, 5) is 22.9. The van der Waals surface area contributed by atoms with Gasteiger partial charge in [0, 0.05) is 0 Å². The molecule has 0 aliphatic rings. The van der Waals surface area contributed by atoms with E-state index in [1.807, 2.05) is 20.8 Å². The first-order valence-corrected chi connectivity index (χ1v) is 5.54. The smallest absolute Gasteiger partial charge is 0.163 e. The van der Waals surface area contributed by atoms with Crippen LogP contribution in [0.25, 0.3) is 0 Å². The molecule has 1 N–H and O–H groups in total. The third-order valence-electron chi connectivity index (χ3n) is 2.73. The molecule has 0 amide bonds. The third-order valence-corrected chi connectivity index (χ3v) is 2.73. The lowest BCUT2D eigenvalue weighted by atomic mass is 9.84.